The number of benzene rings is 3. The van der Waals surface area contributed by atoms with Gasteiger partial charge in [-0.2, -0.15) is 0 Å². The van der Waals surface area contributed by atoms with Crippen molar-refractivity contribution in [1.29, 1.82) is 0 Å². The highest BCUT2D eigenvalue weighted by Gasteiger charge is 2.25. The van der Waals surface area contributed by atoms with Crippen molar-refractivity contribution in [3.63, 3.8) is 0 Å². The third-order valence-corrected chi connectivity index (χ3v) is 5.70. The number of nitrogens with zero attached hydrogens (tertiary/aromatic N) is 2. The predicted molar refractivity (Wildman–Crippen MR) is 98.9 cm³/mol. The van der Waals surface area contributed by atoms with Crippen molar-refractivity contribution in [2.75, 3.05) is 0 Å². The van der Waals surface area contributed by atoms with Gasteiger partial charge >= 0.3 is 0 Å². The molecule has 3 heteroatoms. The molecule has 1 aliphatic heterocycles. The van der Waals surface area contributed by atoms with Gasteiger partial charge < -0.3 is 9.13 Å². The van der Waals surface area contributed by atoms with Crippen LogP contribution in [0.25, 0.3) is 27.5 Å². The van der Waals surface area contributed by atoms with Gasteiger partial charge in [0.25, 0.3) is 0 Å². The van der Waals surface area contributed by atoms with Gasteiger partial charge in [0.1, 0.15) is 0 Å². The average Bonchev–Trinajstić information content (AvgIpc) is 2.95. The van der Waals surface area contributed by atoms with Crippen molar-refractivity contribution >= 4 is 33.6 Å². The van der Waals surface area contributed by atoms with E-state index in [1.165, 1.54) is 37.3 Å². The van der Waals surface area contributed by atoms with E-state index in [2.05, 4.69) is 90.8 Å². The van der Waals surface area contributed by atoms with Crippen LogP contribution in [0.1, 0.15) is 20.8 Å². The van der Waals surface area contributed by atoms with E-state index >= 15 is 0 Å². The van der Waals surface area contributed by atoms with Crippen LogP contribution < -0.4 is 4.57 Å². The Morgan fingerprint density at radius 3 is 2.42 bits per heavy atom. The van der Waals surface area contributed by atoms with Crippen molar-refractivity contribution in [2.24, 2.45) is 0 Å². The smallest absolute Gasteiger partial charge is 0.244 e. The van der Waals surface area contributed by atoms with Gasteiger partial charge in [0.2, 0.25) is 6.33 Å². The van der Waals surface area contributed by atoms with Gasteiger partial charge in [-0.25, -0.2) is 0 Å². The molecule has 118 valence electrons. The predicted octanol–water partition coefficient (Wildman–Crippen LogP) is 5.09. The van der Waals surface area contributed by atoms with Crippen LogP contribution in [0.15, 0.2) is 64.4 Å². The van der Waals surface area contributed by atoms with Gasteiger partial charge in [0.05, 0.1) is 22.3 Å². The summed E-state index contributed by atoms with van der Waals surface area (Å²) in [6.45, 7) is 6.69. The van der Waals surface area contributed by atoms with Crippen LogP contribution in [-0.4, -0.2) is 4.57 Å². The van der Waals surface area contributed by atoms with Crippen molar-refractivity contribution < 1.29 is 4.57 Å². The molecule has 0 saturated carbocycles. The first kappa shape index (κ1) is 14.1. The average molecular weight is 330 g/mol. The Balaban J connectivity index is 1.91. The fourth-order valence-electron chi connectivity index (χ4n) is 3.47. The summed E-state index contributed by atoms with van der Waals surface area (Å²) < 4.78 is 4.50. The number of hydrogen-bond donors (Lipinski definition) is 0. The molecule has 2 heterocycles. The quantitative estimate of drug-likeness (QED) is 0.284. The number of rotatable bonds is 0. The molecule has 3 aromatic carbocycles. The van der Waals surface area contributed by atoms with E-state index in [1.807, 2.05) is 11.8 Å². The van der Waals surface area contributed by atoms with Gasteiger partial charge in [-0.1, -0.05) is 42.5 Å². The van der Waals surface area contributed by atoms with Crippen LogP contribution in [0.4, 0.5) is 0 Å². The highest BCUT2D eigenvalue weighted by atomic mass is 32.2. The number of fused-ring (bicyclic) bond motifs is 3. The number of aromatic nitrogens is 2. The molecule has 24 heavy (non-hydrogen) atoms. The zero-order valence-electron chi connectivity index (χ0n) is 14.0. The molecule has 0 bridgehead atoms. The normalized spacial score (nSPS) is 13.5. The topological polar surface area (TPSA) is 8.81 Å². The van der Waals surface area contributed by atoms with Crippen molar-refractivity contribution in [1.82, 2.24) is 4.57 Å². The largest absolute Gasteiger partial charge is 0.317 e. The van der Waals surface area contributed by atoms with Crippen LogP contribution in [0.3, 0.4) is 0 Å². The summed E-state index contributed by atoms with van der Waals surface area (Å²) in [4.78, 5) is 2.59. The van der Waals surface area contributed by atoms with Crippen molar-refractivity contribution in [2.45, 2.75) is 36.1 Å². The van der Waals surface area contributed by atoms with Gasteiger partial charge in [0.15, 0.2) is 0 Å². The van der Waals surface area contributed by atoms with Gasteiger partial charge in [-0.15, -0.1) is 11.8 Å². The van der Waals surface area contributed by atoms with Crippen LogP contribution in [0.2, 0.25) is 0 Å². The fourth-order valence-corrected chi connectivity index (χ4v) is 4.59. The molecule has 0 aliphatic carbocycles. The summed E-state index contributed by atoms with van der Waals surface area (Å²) in [6, 6.07) is 19.7. The van der Waals surface area contributed by atoms with Crippen molar-refractivity contribution in [3.8, 4) is 5.69 Å². The number of para-hydroxylation sites is 1. The van der Waals surface area contributed by atoms with Crippen molar-refractivity contribution in [3.05, 3.63) is 60.9 Å². The molecule has 2 nitrogen and oxygen atoms in total. The highest BCUT2D eigenvalue weighted by Crippen LogP contribution is 2.41. The highest BCUT2D eigenvalue weighted by molar-refractivity contribution is 7.99. The lowest BCUT2D eigenvalue weighted by molar-refractivity contribution is -0.577. The van der Waals surface area contributed by atoms with Crippen LogP contribution in [0.5, 0.6) is 0 Å². The molecule has 0 N–H and O–H groups in total. The maximum absolute atomic E-state index is 3.61. The Bertz CT molecular complexity index is 1120. The standard InChI is InChI=1S/C21H18N2S/c1-21(2,3)23-13-22-17-11-14-7-4-5-8-15(14)12-19(17)24-18-10-6-9-16(23)20(18)22/h4-12H,1-3H3. The van der Waals surface area contributed by atoms with Gasteiger partial charge in [-0.05, 0) is 43.7 Å². The summed E-state index contributed by atoms with van der Waals surface area (Å²) in [6.07, 6.45) is 3.61. The molecule has 1 aromatic heterocycles. The molecule has 0 saturated heterocycles. The van der Waals surface area contributed by atoms with Gasteiger partial charge in [-0.3, -0.25) is 0 Å². The summed E-state index contributed by atoms with van der Waals surface area (Å²) >= 11 is 1.86. The molecule has 0 amide bonds. The van der Waals surface area contributed by atoms with E-state index in [0.717, 1.165) is 0 Å². The summed E-state index contributed by atoms with van der Waals surface area (Å²) in [7, 11) is 0. The lowest BCUT2D eigenvalue weighted by Gasteiger charge is -2.20. The SMILES string of the molecule is CC(C)(C)n1[c-][n+]2c3c(cccc31)Sc1cc3ccccc3cc1-2. The van der Waals surface area contributed by atoms with Crippen LogP contribution >= 0.6 is 11.8 Å². The minimum Gasteiger partial charge on any atom is -0.317 e. The summed E-state index contributed by atoms with van der Waals surface area (Å²) in [5.41, 5.74) is 3.73. The minimum absolute atomic E-state index is 0.00581. The molecular weight excluding hydrogens is 312 g/mol. The molecule has 4 aromatic rings. The second-order valence-corrected chi connectivity index (χ2v) is 8.42. The van der Waals surface area contributed by atoms with E-state index in [1.54, 1.807) is 0 Å². The molecule has 5 rings (SSSR count). The second-order valence-electron chi connectivity index (χ2n) is 7.33. The number of imidazole rings is 1. The molecule has 0 unspecified atom stereocenters. The molecule has 0 fully saturated rings. The Morgan fingerprint density at radius 1 is 0.917 bits per heavy atom. The number of hydrogen-bond acceptors (Lipinski definition) is 1. The zero-order chi connectivity index (χ0) is 16.5. The first-order valence-corrected chi connectivity index (χ1v) is 9.04. The zero-order valence-corrected chi connectivity index (χ0v) is 14.8. The second kappa shape index (κ2) is 4.64. The van der Waals surface area contributed by atoms with Crippen LogP contribution in [0, 0.1) is 6.33 Å². The first-order chi connectivity index (χ1) is 11.5. The van der Waals surface area contributed by atoms with E-state index in [9.17, 15) is 0 Å². The van der Waals surface area contributed by atoms with E-state index < -0.39 is 0 Å². The Kier molecular flexibility index (Phi) is 2.73. The first-order valence-electron chi connectivity index (χ1n) is 8.23. The Labute approximate surface area is 145 Å². The molecule has 0 atom stereocenters. The van der Waals surface area contributed by atoms with E-state index in [4.69, 9.17) is 0 Å². The summed E-state index contributed by atoms with van der Waals surface area (Å²) in [5.74, 6) is 0. The monoisotopic (exact) mass is 330 g/mol. The lowest BCUT2D eigenvalue weighted by atomic mass is 10.1. The third-order valence-electron chi connectivity index (χ3n) is 4.60. The van der Waals surface area contributed by atoms with Crippen LogP contribution in [-0.2, 0) is 5.54 Å². The maximum Gasteiger partial charge on any atom is 0.244 e. The maximum atomic E-state index is 3.61. The lowest BCUT2D eigenvalue weighted by Crippen LogP contribution is -2.33. The minimum atomic E-state index is -0.00581. The van der Waals surface area contributed by atoms with E-state index in [0.29, 0.717) is 0 Å². The molecule has 0 radical (unpaired) electrons. The van der Waals surface area contributed by atoms with E-state index in [-0.39, 0.29) is 5.54 Å². The Morgan fingerprint density at radius 2 is 1.67 bits per heavy atom. The molecule has 1 aliphatic rings. The summed E-state index contributed by atoms with van der Waals surface area (Å²) in [5, 5.41) is 2.56. The van der Waals surface area contributed by atoms with Gasteiger partial charge in [0, 0.05) is 9.79 Å². The fraction of sp³-hybridized carbons (Fsp3) is 0.190. The molecule has 0 spiro atoms. The Hall–Kier alpha value is -2.26. The third kappa shape index (κ3) is 1.88. The molecular formula is C21H18N2S.